The standard InChI is InChI=1S/C20H16O8S2/c1-3-15-5-9-17(10-6-15)29(23,24)27-19(21)13-14-20(22)28-30(25,26)18-11-7-16(4-2)8-12-18/h3-14H,1-2H2. The van der Waals surface area contributed by atoms with Crippen LogP contribution in [-0.4, -0.2) is 28.8 Å². The number of hydrogen-bond acceptors (Lipinski definition) is 8. The van der Waals surface area contributed by atoms with Gasteiger partial charge in [0.15, 0.2) is 0 Å². The van der Waals surface area contributed by atoms with Crippen LogP contribution in [0.1, 0.15) is 11.1 Å². The second kappa shape index (κ2) is 9.33. The van der Waals surface area contributed by atoms with E-state index in [9.17, 15) is 26.4 Å². The summed E-state index contributed by atoms with van der Waals surface area (Å²) in [6, 6.07) is 10.6. The van der Waals surface area contributed by atoms with E-state index < -0.39 is 32.2 Å². The summed E-state index contributed by atoms with van der Waals surface area (Å²) in [7, 11) is -8.86. The van der Waals surface area contributed by atoms with Crippen LogP contribution in [0.2, 0.25) is 0 Å². The number of carbonyl (C=O) groups is 2. The smallest absolute Gasteiger partial charge is 0.338 e. The highest BCUT2D eigenvalue weighted by Gasteiger charge is 2.21. The normalized spacial score (nSPS) is 11.6. The summed E-state index contributed by atoms with van der Waals surface area (Å²) in [4.78, 5) is 22.8. The highest BCUT2D eigenvalue weighted by molar-refractivity contribution is 7.87. The fourth-order valence-electron chi connectivity index (χ4n) is 2.05. The molecule has 0 N–H and O–H groups in total. The zero-order chi connectivity index (χ0) is 22.4. The lowest BCUT2D eigenvalue weighted by Gasteiger charge is -2.05. The molecule has 0 bridgehead atoms. The van der Waals surface area contributed by atoms with E-state index in [1.165, 1.54) is 60.7 Å². The summed E-state index contributed by atoms with van der Waals surface area (Å²) >= 11 is 0. The molecule has 156 valence electrons. The summed E-state index contributed by atoms with van der Waals surface area (Å²) in [6.07, 6.45) is 3.87. The quantitative estimate of drug-likeness (QED) is 0.446. The van der Waals surface area contributed by atoms with Crippen LogP contribution in [0.25, 0.3) is 12.2 Å². The second-order valence-corrected chi connectivity index (χ2v) is 8.69. The minimum Gasteiger partial charge on any atom is -0.338 e. The van der Waals surface area contributed by atoms with Crippen LogP contribution in [-0.2, 0) is 38.2 Å². The van der Waals surface area contributed by atoms with Crippen molar-refractivity contribution in [1.82, 2.24) is 0 Å². The van der Waals surface area contributed by atoms with Crippen LogP contribution < -0.4 is 0 Å². The summed E-state index contributed by atoms with van der Waals surface area (Å²) in [6.45, 7) is 7.06. The third-order valence-electron chi connectivity index (χ3n) is 3.55. The van der Waals surface area contributed by atoms with Crippen LogP contribution in [0, 0.1) is 0 Å². The van der Waals surface area contributed by atoms with Gasteiger partial charge in [-0.25, -0.2) is 9.59 Å². The van der Waals surface area contributed by atoms with Crippen LogP contribution in [0.15, 0.2) is 83.6 Å². The molecule has 0 atom stereocenters. The van der Waals surface area contributed by atoms with E-state index in [0.29, 0.717) is 23.3 Å². The van der Waals surface area contributed by atoms with Crippen molar-refractivity contribution in [2.75, 3.05) is 0 Å². The molecule has 0 unspecified atom stereocenters. The predicted molar refractivity (Wildman–Crippen MR) is 109 cm³/mol. The molecule has 2 aromatic carbocycles. The second-order valence-electron chi connectivity index (χ2n) is 5.59. The van der Waals surface area contributed by atoms with Gasteiger partial charge in [0.25, 0.3) is 0 Å². The van der Waals surface area contributed by atoms with E-state index >= 15 is 0 Å². The highest BCUT2D eigenvalue weighted by Crippen LogP contribution is 2.16. The lowest BCUT2D eigenvalue weighted by Crippen LogP contribution is -2.14. The van der Waals surface area contributed by atoms with Gasteiger partial charge in [-0.3, -0.25) is 0 Å². The van der Waals surface area contributed by atoms with Gasteiger partial charge in [0.05, 0.1) is 0 Å². The zero-order valence-corrected chi connectivity index (χ0v) is 17.1. The fourth-order valence-corrected chi connectivity index (χ4v) is 3.72. The van der Waals surface area contributed by atoms with Crippen molar-refractivity contribution >= 4 is 44.3 Å². The maximum Gasteiger partial charge on any atom is 0.347 e. The molecule has 0 saturated heterocycles. The summed E-state index contributed by atoms with van der Waals surface area (Å²) < 4.78 is 56.8. The first-order valence-corrected chi connectivity index (χ1v) is 11.0. The largest absolute Gasteiger partial charge is 0.347 e. The van der Waals surface area contributed by atoms with E-state index in [0.717, 1.165) is 0 Å². The fraction of sp³-hybridized carbons (Fsp3) is 0. The molecule has 2 aromatic rings. The molecule has 10 heteroatoms. The molecule has 0 saturated carbocycles. The number of rotatable bonds is 8. The van der Waals surface area contributed by atoms with Crippen molar-refractivity contribution in [1.29, 1.82) is 0 Å². The van der Waals surface area contributed by atoms with Crippen molar-refractivity contribution in [2.24, 2.45) is 0 Å². The van der Waals surface area contributed by atoms with Gasteiger partial charge < -0.3 is 8.37 Å². The maximum atomic E-state index is 12.0. The van der Waals surface area contributed by atoms with Gasteiger partial charge in [0.2, 0.25) is 0 Å². The maximum absolute atomic E-state index is 12.0. The molecule has 30 heavy (non-hydrogen) atoms. The topological polar surface area (TPSA) is 121 Å². The number of benzene rings is 2. The molecule has 0 spiro atoms. The van der Waals surface area contributed by atoms with Gasteiger partial charge in [-0.05, 0) is 35.4 Å². The predicted octanol–water partition coefficient (Wildman–Crippen LogP) is 2.69. The van der Waals surface area contributed by atoms with Gasteiger partial charge in [-0.1, -0.05) is 49.6 Å². The Kier molecular flexibility index (Phi) is 7.09. The van der Waals surface area contributed by atoms with E-state index in [1.807, 2.05) is 0 Å². The molecule has 8 nitrogen and oxygen atoms in total. The van der Waals surface area contributed by atoms with Gasteiger partial charge in [-0.2, -0.15) is 16.8 Å². The highest BCUT2D eigenvalue weighted by atomic mass is 32.2. The minimum atomic E-state index is -4.43. The van der Waals surface area contributed by atoms with Crippen molar-refractivity contribution < 1.29 is 34.8 Å². The third kappa shape index (κ3) is 6.00. The molecule has 0 amide bonds. The molecule has 0 heterocycles. The van der Waals surface area contributed by atoms with Gasteiger partial charge in [0.1, 0.15) is 9.79 Å². The monoisotopic (exact) mass is 448 g/mol. The number of hydrogen-bond donors (Lipinski definition) is 0. The van der Waals surface area contributed by atoms with E-state index in [1.54, 1.807) is 0 Å². The van der Waals surface area contributed by atoms with E-state index in [4.69, 9.17) is 0 Å². The van der Waals surface area contributed by atoms with E-state index in [2.05, 4.69) is 21.5 Å². The molecular weight excluding hydrogens is 432 g/mol. The van der Waals surface area contributed by atoms with E-state index in [-0.39, 0.29) is 9.79 Å². The SMILES string of the molecule is C=Cc1ccc(S(=O)(=O)OC(=O)C=CC(=O)OS(=O)(=O)c2ccc(C=C)cc2)cc1. The van der Waals surface area contributed by atoms with Gasteiger partial charge >= 0.3 is 32.2 Å². The number of carbonyl (C=O) groups excluding carboxylic acids is 2. The van der Waals surface area contributed by atoms with Crippen molar-refractivity contribution in [3.05, 3.63) is 85.0 Å². The minimum absolute atomic E-state index is 0.289. The van der Waals surface area contributed by atoms with Gasteiger partial charge in [0, 0.05) is 12.2 Å². The van der Waals surface area contributed by atoms with Crippen molar-refractivity contribution in [3.8, 4) is 0 Å². The van der Waals surface area contributed by atoms with Crippen LogP contribution >= 0.6 is 0 Å². The Morgan fingerprint density at radius 1 is 0.633 bits per heavy atom. The molecular formula is C20H16O8S2. The lowest BCUT2D eigenvalue weighted by atomic mass is 10.2. The Hall–Kier alpha value is -3.50. The molecule has 0 aromatic heterocycles. The Labute approximate surface area is 174 Å². The lowest BCUT2D eigenvalue weighted by molar-refractivity contribution is -0.131. The summed E-state index contributed by atoms with van der Waals surface area (Å²) in [5.74, 6) is -2.82. The third-order valence-corrected chi connectivity index (χ3v) is 6.01. The summed E-state index contributed by atoms with van der Waals surface area (Å²) in [5, 5.41) is 0. The molecule has 2 rings (SSSR count). The molecule has 0 radical (unpaired) electrons. The van der Waals surface area contributed by atoms with Crippen LogP contribution in [0.5, 0.6) is 0 Å². The molecule has 0 aliphatic heterocycles. The molecule has 0 aliphatic carbocycles. The Morgan fingerprint density at radius 3 is 1.20 bits per heavy atom. The Balaban J connectivity index is 2.03. The first kappa shape index (κ1) is 22.8. The van der Waals surface area contributed by atoms with Crippen molar-refractivity contribution in [3.63, 3.8) is 0 Å². The van der Waals surface area contributed by atoms with Gasteiger partial charge in [-0.15, -0.1) is 0 Å². The van der Waals surface area contributed by atoms with Crippen molar-refractivity contribution in [2.45, 2.75) is 9.79 Å². The first-order chi connectivity index (χ1) is 14.1. The average Bonchev–Trinajstić information content (AvgIpc) is 2.71. The average molecular weight is 448 g/mol. The van der Waals surface area contributed by atoms with Crippen LogP contribution in [0.4, 0.5) is 0 Å². The first-order valence-electron chi connectivity index (χ1n) is 8.17. The summed E-state index contributed by atoms with van der Waals surface area (Å²) in [5.41, 5.74) is 1.31. The molecule has 0 fully saturated rings. The van der Waals surface area contributed by atoms with Crippen LogP contribution in [0.3, 0.4) is 0 Å². The Bertz CT molecular complexity index is 1110. The zero-order valence-electron chi connectivity index (χ0n) is 15.4. The Morgan fingerprint density at radius 2 is 0.933 bits per heavy atom. The molecule has 0 aliphatic rings.